The van der Waals surface area contributed by atoms with Gasteiger partial charge in [0.05, 0.1) is 0 Å². The molecule has 2 rings (SSSR count). The quantitative estimate of drug-likeness (QED) is 0.749. The van der Waals surface area contributed by atoms with Crippen LogP contribution in [0.4, 0.5) is 0 Å². The van der Waals surface area contributed by atoms with E-state index in [1.165, 1.54) is 25.7 Å². The van der Waals surface area contributed by atoms with Gasteiger partial charge in [0.2, 0.25) is 11.8 Å². The fourth-order valence-corrected chi connectivity index (χ4v) is 2.31. The average Bonchev–Trinajstić information content (AvgIpc) is 2.91. The Hall–Kier alpha value is -0.900. The first kappa shape index (κ1) is 11.6. The van der Waals surface area contributed by atoms with Crippen molar-refractivity contribution in [2.24, 2.45) is 5.92 Å². The average molecular weight is 223 g/mol. The second-order valence-corrected chi connectivity index (χ2v) is 4.55. The summed E-state index contributed by atoms with van der Waals surface area (Å²) in [5.41, 5.74) is 0. The highest BCUT2D eigenvalue weighted by Crippen LogP contribution is 2.27. The third kappa shape index (κ3) is 3.30. The molecule has 1 fully saturated rings. The molecule has 16 heavy (non-hydrogen) atoms. The molecular formula is C12H21N3O. The Morgan fingerprint density at radius 2 is 2.00 bits per heavy atom. The van der Waals surface area contributed by atoms with Gasteiger partial charge in [0.15, 0.2) is 0 Å². The van der Waals surface area contributed by atoms with Crippen molar-refractivity contribution in [3.8, 4) is 0 Å². The van der Waals surface area contributed by atoms with Gasteiger partial charge in [-0.25, -0.2) is 0 Å². The van der Waals surface area contributed by atoms with Crippen LogP contribution in [0, 0.1) is 5.92 Å². The molecule has 4 heteroatoms. The maximum atomic E-state index is 5.63. The summed E-state index contributed by atoms with van der Waals surface area (Å²) in [5, 5.41) is 11.4. The zero-order valence-corrected chi connectivity index (χ0v) is 10.0. The van der Waals surface area contributed by atoms with Crippen LogP contribution >= 0.6 is 0 Å². The SMILES string of the molecule is CCNCCc1nnc(CC2CCCC2)o1. The van der Waals surface area contributed by atoms with E-state index in [9.17, 15) is 0 Å². The van der Waals surface area contributed by atoms with Gasteiger partial charge in [0, 0.05) is 19.4 Å². The highest BCUT2D eigenvalue weighted by atomic mass is 16.4. The van der Waals surface area contributed by atoms with Gasteiger partial charge in [0.25, 0.3) is 0 Å². The van der Waals surface area contributed by atoms with Crippen molar-refractivity contribution in [1.29, 1.82) is 0 Å². The molecule has 1 saturated carbocycles. The van der Waals surface area contributed by atoms with Gasteiger partial charge in [0.1, 0.15) is 0 Å². The van der Waals surface area contributed by atoms with Gasteiger partial charge >= 0.3 is 0 Å². The Bertz CT molecular complexity index is 305. The maximum absolute atomic E-state index is 5.63. The van der Waals surface area contributed by atoms with Crippen LogP contribution in [0.2, 0.25) is 0 Å². The Balaban J connectivity index is 1.77. The van der Waals surface area contributed by atoms with Crippen LogP contribution in [0.1, 0.15) is 44.4 Å². The highest BCUT2D eigenvalue weighted by Gasteiger charge is 2.18. The minimum Gasteiger partial charge on any atom is -0.425 e. The standard InChI is InChI=1S/C12H21N3O/c1-2-13-8-7-11-14-15-12(16-11)9-10-5-3-4-6-10/h10,13H,2-9H2,1H3. The zero-order chi connectivity index (χ0) is 11.2. The summed E-state index contributed by atoms with van der Waals surface area (Å²) in [4.78, 5) is 0. The molecule has 0 aromatic carbocycles. The molecule has 4 nitrogen and oxygen atoms in total. The smallest absolute Gasteiger partial charge is 0.217 e. The van der Waals surface area contributed by atoms with E-state index in [1.54, 1.807) is 0 Å². The number of hydrogen-bond acceptors (Lipinski definition) is 4. The van der Waals surface area contributed by atoms with Crippen LogP contribution < -0.4 is 5.32 Å². The summed E-state index contributed by atoms with van der Waals surface area (Å²) in [5.74, 6) is 2.38. The molecule has 0 aliphatic heterocycles. The van der Waals surface area contributed by atoms with Crippen molar-refractivity contribution in [2.75, 3.05) is 13.1 Å². The van der Waals surface area contributed by atoms with Gasteiger partial charge in [-0.3, -0.25) is 0 Å². The molecule has 0 amide bonds. The number of nitrogens with zero attached hydrogens (tertiary/aromatic N) is 2. The highest BCUT2D eigenvalue weighted by molar-refractivity contribution is 4.86. The number of nitrogens with one attached hydrogen (secondary N) is 1. The van der Waals surface area contributed by atoms with Crippen LogP contribution in [-0.4, -0.2) is 23.3 Å². The molecular weight excluding hydrogens is 202 g/mol. The molecule has 1 heterocycles. The predicted molar refractivity (Wildman–Crippen MR) is 62.2 cm³/mol. The molecule has 0 saturated heterocycles. The lowest BCUT2D eigenvalue weighted by atomic mass is 10.0. The second kappa shape index (κ2) is 5.99. The molecule has 0 bridgehead atoms. The summed E-state index contributed by atoms with van der Waals surface area (Å²) in [6, 6.07) is 0. The topological polar surface area (TPSA) is 51.0 Å². The minimum absolute atomic E-state index is 0.772. The van der Waals surface area contributed by atoms with Crippen molar-refractivity contribution in [3.63, 3.8) is 0 Å². The van der Waals surface area contributed by atoms with E-state index in [0.717, 1.165) is 43.6 Å². The van der Waals surface area contributed by atoms with Gasteiger partial charge < -0.3 is 9.73 Å². The Labute approximate surface area is 96.8 Å². The van der Waals surface area contributed by atoms with E-state index < -0.39 is 0 Å². The first-order valence-corrected chi connectivity index (χ1v) is 6.40. The minimum atomic E-state index is 0.772. The van der Waals surface area contributed by atoms with Crippen molar-refractivity contribution in [2.45, 2.75) is 45.4 Å². The summed E-state index contributed by atoms with van der Waals surface area (Å²) in [6.07, 6.45) is 7.21. The predicted octanol–water partition coefficient (Wildman–Crippen LogP) is 1.95. The van der Waals surface area contributed by atoms with Crippen molar-refractivity contribution in [1.82, 2.24) is 15.5 Å². The van der Waals surface area contributed by atoms with Crippen LogP contribution in [0.3, 0.4) is 0 Å². The molecule has 1 aromatic rings. The first-order chi connectivity index (χ1) is 7.88. The van der Waals surface area contributed by atoms with Gasteiger partial charge in [-0.15, -0.1) is 10.2 Å². The molecule has 0 radical (unpaired) electrons. The molecule has 0 spiro atoms. The van der Waals surface area contributed by atoms with Gasteiger partial charge in [-0.05, 0) is 25.3 Å². The van der Waals surface area contributed by atoms with Crippen molar-refractivity contribution < 1.29 is 4.42 Å². The summed E-state index contributed by atoms with van der Waals surface area (Å²) in [7, 11) is 0. The summed E-state index contributed by atoms with van der Waals surface area (Å²) in [6.45, 7) is 4.00. The van der Waals surface area contributed by atoms with E-state index in [2.05, 4.69) is 22.4 Å². The fraction of sp³-hybridized carbons (Fsp3) is 0.833. The van der Waals surface area contributed by atoms with E-state index >= 15 is 0 Å². The van der Waals surface area contributed by atoms with Gasteiger partial charge in [-0.1, -0.05) is 19.8 Å². The third-order valence-corrected chi connectivity index (χ3v) is 3.21. The molecule has 1 aromatic heterocycles. The lowest BCUT2D eigenvalue weighted by Gasteiger charge is -2.03. The van der Waals surface area contributed by atoms with Crippen molar-refractivity contribution >= 4 is 0 Å². The number of rotatable bonds is 6. The Kier molecular flexibility index (Phi) is 4.34. The number of hydrogen-bond donors (Lipinski definition) is 1. The Morgan fingerprint density at radius 1 is 1.25 bits per heavy atom. The number of aromatic nitrogens is 2. The zero-order valence-electron chi connectivity index (χ0n) is 10.0. The largest absolute Gasteiger partial charge is 0.425 e. The van der Waals surface area contributed by atoms with Gasteiger partial charge in [-0.2, -0.15) is 0 Å². The lowest BCUT2D eigenvalue weighted by Crippen LogP contribution is -2.16. The number of likely N-dealkylation sites (N-methyl/N-ethyl adjacent to an activating group) is 1. The first-order valence-electron chi connectivity index (χ1n) is 6.40. The molecule has 1 aliphatic carbocycles. The van der Waals surface area contributed by atoms with Crippen LogP contribution in [0.25, 0.3) is 0 Å². The van der Waals surface area contributed by atoms with Crippen molar-refractivity contribution in [3.05, 3.63) is 11.8 Å². The van der Waals surface area contributed by atoms with Crippen LogP contribution in [0.5, 0.6) is 0 Å². The molecule has 1 aliphatic rings. The Morgan fingerprint density at radius 3 is 2.75 bits per heavy atom. The van der Waals surface area contributed by atoms with E-state index in [-0.39, 0.29) is 0 Å². The summed E-state index contributed by atoms with van der Waals surface area (Å²) < 4.78 is 5.63. The fourth-order valence-electron chi connectivity index (χ4n) is 2.31. The molecule has 1 N–H and O–H groups in total. The third-order valence-electron chi connectivity index (χ3n) is 3.21. The van der Waals surface area contributed by atoms with E-state index in [4.69, 9.17) is 4.42 Å². The molecule has 0 atom stereocenters. The monoisotopic (exact) mass is 223 g/mol. The van der Waals surface area contributed by atoms with Crippen LogP contribution in [-0.2, 0) is 12.8 Å². The van der Waals surface area contributed by atoms with E-state index in [1.807, 2.05) is 0 Å². The summed E-state index contributed by atoms with van der Waals surface area (Å²) >= 11 is 0. The molecule has 0 unspecified atom stereocenters. The lowest BCUT2D eigenvalue weighted by molar-refractivity contribution is 0.405. The second-order valence-electron chi connectivity index (χ2n) is 4.55. The normalized spacial score (nSPS) is 17.1. The molecule has 90 valence electrons. The van der Waals surface area contributed by atoms with Crippen LogP contribution in [0.15, 0.2) is 4.42 Å². The maximum Gasteiger partial charge on any atom is 0.217 e. The van der Waals surface area contributed by atoms with E-state index in [0.29, 0.717) is 0 Å².